The number of carbonyl (C=O) groups is 1. The Labute approximate surface area is 176 Å². The first-order chi connectivity index (χ1) is 14.2. The molecule has 0 aromatic heterocycles. The molecule has 0 saturated carbocycles. The zero-order chi connectivity index (χ0) is 22.0. The van der Waals surface area contributed by atoms with Crippen LogP contribution in [0.3, 0.4) is 0 Å². The Balaban J connectivity index is 1.90. The quantitative estimate of drug-likeness (QED) is 0.543. The largest absolute Gasteiger partial charge is 0.505 e. The number of benzene rings is 3. The zero-order valence-electron chi connectivity index (χ0n) is 15.1. The van der Waals surface area contributed by atoms with Gasteiger partial charge in [-0.05, 0) is 47.5 Å². The van der Waals surface area contributed by atoms with Crippen molar-refractivity contribution in [1.82, 2.24) is 5.32 Å². The maximum absolute atomic E-state index is 14.2. The number of halogens is 4. The van der Waals surface area contributed by atoms with Crippen LogP contribution < -0.4 is 10.5 Å². The number of hydrogen-bond donors (Lipinski definition) is 3. The fraction of sp³-hybridized carbons (Fsp3) is 0.0500. The van der Waals surface area contributed by atoms with Crippen LogP contribution >= 0.6 is 11.6 Å². The Kier molecular flexibility index (Phi) is 6.45. The number of nitrogens with two attached hydrogens (primary N) is 1. The van der Waals surface area contributed by atoms with Gasteiger partial charge in [-0.3, -0.25) is 4.79 Å². The molecule has 4 N–H and O–H groups in total. The molecule has 3 rings (SSSR count). The summed E-state index contributed by atoms with van der Waals surface area (Å²) in [5.41, 5.74) is 0.444. The lowest BCUT2D eigenvalue weighted by atomic mass is 9.98. The second-order valence-corrected chi connectivity index (χ2v) is 7.65. The molecular weight excluding hydrogens is 441 g/mol. The molecule has 1 amide bonds. The van der Waals surface area contributed by atoms with Crippen molar-refractivity contribution in [2.24, 2.45) is 5.14 Å². The first kappa shape index (κ1) is 21.8. The van der Waals surface area contributed by atoms with Gasteiger partial charge in [-0.2, -0.15) is 0 Å². The Morgan fingerprint density at radius 1 is 1.03 bits per heavy atom. The number of amides is 1. The van der Waals surface area contributed by atoms with Crippen LogP contribution in [0.4, 0.5) is 13.2 Å². The number of phenols is 1. The number of rotatable bonds is 5. The maximum Gasteiger partial charge on any atom is 0.251 e. The molecule has 0 bridgehead atoms. The molecule has 0 fully saturated rings. The molecule has 30 heavy (non-hydrogen) atoms. The van der Waals surface area contributed by atoms with E-state index in [1.165, 1.54) is 12.1 Å². The predicted octanol–water partition coefficient (Wildman–Crippen LogP) is 4.04. The summed E-state index contributed by atoms with van der Waals surface area (Å²) in [4.78, 5) is 12.3. The van der Waals surface area contributed by atoms with Crippen molar-refractivity contribution < 1.29 is 27.3 Å². The fourth-order valence-electron chi connectivity index (χ4n) is 2.80. The summed E-state index contributed by atoms with van der Waals surface area (Å²) in [7, 11) is -2.08. The third-order valence-electron chi connectivity index (χ3n) is 4.24. The lowest BCUT2D eigenvalue weighted by Crippen LogP contribution is -2.23. The molecule has 1 atom stereocenters. The van der Waals surface area contributed by atoms with Crippen LogP contribution in [-0.4, -0.2) is 15.2 Å². The van der Waals surface area contributed by atoms with Crippen LogP contribution in [0, 0.1) is 17.5 Å². The average molecular weight is 455 g/mol. The van der Waals surface area contributed by atoms with Crippen LogP contribution in [0.1, 0.15) is 15.9 Å². The third-order valence-corrected chi connectivity index (χ3v) is 5.27. The maximum atomic E-state index is 14.2. The van der Waals surface area contributed by atoms with E-state index < -0.39 is 40.1 Å². The van der Waals surface area contributed by atoms with E-state index in [9.17, 15) is 27.3 Å². The van der Waals surface area contributed by atoms with Crippen LogP contribution in [0.25, 0.3) is 11.1 Å². The summed E-state index contributed by atoms with van der Waals surface area (Å²) in [6.07, 6.45) is 0. The van der Waals surface area contributed by atoms with E-state index >= 15 is 0 Å². The summed E-state index contributed by atoms with van der Waals surface area (Å²) in [6, 6.07) is 8.75. The van der Waals surface area contributed by atoms with Crippen molar-refractivity contribution >= 4 is 28.5 Å². The molecule has 0 heterocycles. The van der Waals surface area contributed by atoms with Gasteiger partial charge in [0.15, 0.2) is 5.75 Å². The van der Waals surface area contributed by atoms with E-state index in [1.807, 2.05) is 0 Å². The van der Waals surface area contributed by atoms with Gasteiger partial charge in [0.05, 0.1) is 9.92 Å². The third kappa shape index (κ3) is 4.64. The van der Waals surface area contributed by atoms with Gasteiger partial charge in [0.2, 0.25) is 0 Å². The Bertz CT molecular complexity index is 1170. The van der Waals surface area contributed by atoms with E-state index in [4.69, 9.17) is 16.7 Å². The summed E-state index contributed by atoms with van der Waals surface area (Å²) in [5, 5.41) is 17.4. The van der Waals surface area contributed by atoms with Crippen molar-refractivity contribution in [3.05, 3.63) is 82.1 Å². The molecule has 0 saturated heterocycles. The zero-order valence-corrected chi connectivity index (χ0v) is 16.7. The molecule has 10 heteroatoms. The van der Waals surface area contributed by atoms with Crippen molar-refractivity contribution in [1.29, 1.82) is 0 Å². The first-order valence-corrected chi connectivity index (χ1v) is 9.97. The predicted molar refractivity (Wildman–Crippen MR) is 107 cm³/mol. The Morgan fingerprint density at radius 2 is 1.70 bits per heavy atom. The highest BCUT2D eigenvalue weighted by molar-refractivity contribution is 7.82. The Morgan fingerprint density at radius 3 is 2.37 bits per heavy atom. The molecule has 3 aromatic carbocycles. The van der Waals surface area contributed by atoms with Crippen LogP contribution in [0.15, 0.2) is 53.4 Å². The number of carbonyl (C=O) groups excluding carboxylic acids is 1. The summed E-state index contributed by atoms with van der Waals surface area (Å²) in [5.74, 6) is -3.45. The van der Waals surface area contributed by atoms with Crippen LogP contribution in [0.2, 0.25) is 5.02 Å². The van der Waals surface area contributed by atoms with E-state index in [2.05, 4.69) is 5.32 Å². The van der Waals surface area contributed by atoms with Gasteiger partial charge in [0, 0.05) is 23.7 Å². The molecule has 0 aliphatic carbocycles. The molecule has 156 valence electrons. The molecule has 0 aliphatic heterocycles. The SMILES string of the molecule is NS(=O)c1cc(C(=O)NCc2ccc(F)cc2-c2ccc(F)cc2F)cc(Cl)c1O. The molecule has 5 nitrogen and oxygen atoms in total. The van der Waals surface area contributed by atoms with E-state index in [0.29, 0.717) is 11.6 Å². The fourth-order valence-corrected chi connectivity index (χ4v) is 3.62. The monoisotopic (exact) mass is 454 g/mol. The minimum Gasteiger partial charge on any atom is -0.505 e. The number of phenolic OH excluding ortho intramolecular Hbond substituents is 1. The molecular formula is C20H14ClF3N2O3S. The molecule has 0 radical (unpaired) electrons. The summed E-state index contributed by atoms with van der Waals surface area (Å²) < 4.78 is 52.6. The Hall–Kier alpha value is -2.88. The van der Waals surface area contributed by atoms with Crippen LogP contribution in [0.5, 0.6) is 5.75 Å². The first-order valence-electron chi connectivity index (χ1n) is 8.38. The van der Waals surface area contributed by atoms with Crippen molar-refractivity contribution in [2.75, 3.05) is 0 Å². The van der Waals surface area contributed by atoms with Crippen molar-refractivity contribution in [3.8, 4) is 16.9 Å². The van der Waals surface area contributed by atoms with Gasteiger partial charge in [0.1, 0.15) is 28.4 Å². The summed E-state index contributed by atoms with van der Waals surface area (Å²) in [6.45, 7) is -0.134. The van der Waals surface area contributed by atoms with Gasteiger partial charge < -0.3 is 10.4 Å². The van der Waals surface area contributed by atoms with Gasteiger partial charge in [0.25, 0.3) is 5.91 Å². The minimum atomic E-state index is -2.08. The number of aromatic hydroxyl groups is 1. The molecule has 0 aliphatic rings. The highest BCUT2D eigenvalue weighted by Crippen LogP contribution is 2.31. The normalized spacial score (nSPS) is 11.9. The lowest BCUT2D eigenvalue weighted by molar-refractivity contribution is 0.0950. The van der Waals surface area contributed by atoms with Gasteiger partial charge in [-0.1, -0.05) is 17.7 Å². The van der Waals surface area contributed by atoms with E-state index in [0.717, 1.165) is 30.3 Å². The lowest BCUT2D eigenvalue weighted by Gasteiger charge is -2.13. The highest BCUT2D eigenvalue weighted by atomic mass is 35.5. The van der Waals surface area contributed by atoms with Crippen molar-refractivity contribution in [2.45, 2.75) is 11.4 Å². The van der Waals surface area contributed by atoms with E-state index in [-0.39, 0.29) is 33.2 Å². The highest BCUT2D eigenvalue weighted by Gasteiger charge is 2.17. The topological polar surface area (TPSA) is 92.4 Å². The molecule has 0 spiro atoms. The standard InChI is InChI=1S/C20H14ClF3N2O3S/c21-16-5-11(6-18(19(16)27)30(25)29)20(28)26-9-10-1-2-12(22)7-15(10)14-4-3-13(23)8-17(14)24/h1-8,27H,9,25H2,(H,26,28). The summed E-state index contributed by atoms with van der Waals surface area (Å²) >= 11 is 5.84. The van der Waals surface area contributed by atoms with Crippen molar-refractivity contribution in [3.63, 3.8) is 0 Å². The van der Waals surface area contributed by atoms with Gasteiger partial charge in [-0.25, -0.2) is 22.5 Å². The van der Waals surface area contributed by atoms with Crippen LogP contribution in [-0.2, 0) is 17.5 Å². The van der Waals surface area contributed by atoms with Gasteiger partial charge in [-0.15, -0.1) is 0 Å². The number of nitrogens with one attached hydrogen (secondary N) is 1. The molecule has 1 unspecified atom stereocenters. The van der Waals surface area contributed by atoms with E-state index in [1.54, 1.807) is 0 Å². The second kappa shape index (κ2) is 8.86. The second-order valence-electron chi connectivity index (χ2n) is 6.21. The number of hydrogen-bond acceptors (Lipinski definition) is 3. The average Bonchev–Trinajstić information content (AvgIpc) is 2.68. The molecule has 3 aromatic rings. The minimum absolute atomic E-state index is 0.0248. The van der Waals surface area contributed by atoms with Gasteiger partial charge >= 0.3 is 0 Å². The smallest absolute Gasteiger partial charge is 0.251 e.